The zero-order valence-corrected chi connectivity index (χ0v) is 20.6. The van der Waals surface area contributed by atoms with Crippen molar-refractivity contribution >= 4 is 17.3 Å². The number of anilines is 3. The average Bonchev–Trinajstić information content (AvgIpc) is 3.07. The van der Waals surface area contributed by atoms with Crippen molar-refractivity contribution in [3.05, 3.63) is 35.3 Å². The van der Waals surface area contributed by atoms with Gasteiger partial charge in [-0.15, -0.1) is 0 Å². The van der Waals surface area contributed by atoms with E-state index in [1.807, 2.05) is 12.5 Å². The van der Waals surface area contributed by atoms with E-state index in [0.717, 1.165) is 30.4 Å². The lowest BCUT2D eigenvalue weighted by molar-refractivity contribution is -0.0539. The fourth-order valence-corrected chi connectivity index (χ4v) is 7.11. The van der Waals surface area contributed by atoms with E-state index in [-0.39, 0.29) is 0 Å². The summed E-state index contributed by atoms with van der Waals surface area (Å²) in [5.41, 5.74) is 6.50. The second kappa shape index (κ2) is 8.69. The van der Waals surface area contributed by atoms with Gasteiger partial charge < -0.3 is 20.5 Å². The highest BCUT2D eigenvalue weighted by atomic mass is 16.5. The van der Waals surface area contributed by atoms with Gasteiger partial charge >= 0.3 is 0 Å². The summed E-state index contributed by atoms with van der Waals surface area (Å²) < 4.78 is 0. The van der Waals surface area contributed by atoms with Crippen LogP contribution in [0.5, 0.6) is 0 Å². The third-order valence-electron chi connectivity index (χ3n) is 8.77. The summed E-state index contributed by atoms with van der Waals surface area (Å²) in [6.45, 7) is 15.8. The summed E-state index contributed by atoms with van der Waals surface area (Å²) in [5.74, 6) is 2.58. The molecule has 2 fully saturated rings. The van der Waals surface area contributed by atoms with Crippen LogP contribution in [0.3, 0.4) is 0 Å². The Balaban J connectivity index is 1.43. The van der Waals surface area contributed by atoms with Gasteiger partial charge in [0.15, 0.2) is 5.82 Å². The molecular formula is C26H40N5O-. The lowest BCUT2D eigenvalue weighted by Gasteiger charge is -2.58. The van der Waals surface area contributed by atoms with E-state index in [4.69, 9.17) is 0 Å². The molecule has 6 heteroatoms. The number of hydrogen-bond acceptors (Lipinski definition) is 6. The quantitative estimate of drug-likeness (QED) is 0.426. The highest BCUT2D eigenvalue weighted by Gasteiger charge is 2.52. The van der Waals surface area contributed by atoms with E-state index in [0.29, 0.717) is 29.2 Å². The molecule has 0 aromatic carbocycles. The van der Waals surface area contributed by atoms with Gasteiger partial charge in [0.2, 0.25) is 0 Å². The van der Waals surface area contributed by atoms with E-state index in [1.165, 1.54) is 56.0 Å². The Hall–Kier alpha value is -2.08. The zero-order valence-electron chi connectivity index (χ0n) is 20.6. The van der Waals surface area contributed by atoms with Gasteiger partial charge in [0.05, 0.1) is 6.67 Å². The van der Waals surface area contributed by atoms with Crippen molar-refractivity contribution in [1.29, 1.82) is 0 Å². The molecule has 2 aliphatic carbocycles. The number of rotatable bonds is 6. The number of nitrogens with zero attached hydrogens (tertiary/aromatic N) is 4. The van der Waals surface area contributed by atoms with Crippen LogP contribution in [0.1, 0.15) is 72.6 Å². The first-order chi connectivity index (χ1) is 15.2. The van der Waals surface area contributed by atoms with Crippen molar-refractivity contribution < 1.29 is 0 Å². The van der Waals surface area contributed by atoms with Crippen LogP contribution in [-0.4, -0.2) is 30.2 Å². The van der Waals surface area contributed by atoms with Gasteiger partial charge in [-0.05, 0) is 68.1 Å². The number of nitrogens with one attached hydrogen (secondary N) is 1. The van der Waals surface area contributed by atoms with Crippen molar-refractivity contribution in [2.45, 2.75) is 72.6 Å². The molecule has 0 radical (unpaired) electrons. The first-order valence-electron chi connectivity index (χ1n) is 12.2. The van der Waals surface area contributed by atoms with Gasteiger partial charge in [-0.1, -0.05) is 51.0 Å². The minimum atomic E-state index is 0.350. The molecule has 1 aliphatic heterocycles. The minimum Gasteiger partial charge on any atom is -0.760 e. The lowest BCUT2D eigenvalue weighted by atomic mass is 9.47. The predicted octanol–water partition coefficient (Wildman–Crippen LogP) is 6.13. The van der Waals surface area contributed by atoms with Gasteiger partial charge in [-0.2, -0.15) is 0 Å². The van der Waals surface area contributed by atoms with Crippen molar-refractivity contribution in [2.24, 2.45) is 22.7 Å². The summed E-state index contributed by atoms with van der Waals surface area (Å²) in [5, 5.41) is 11.4. The van der Waals surface area contributed by atoms with Crippen LogP contribution in [0.4, 0.5) is 17.3 Å². The third kappa shape index (κ3) is 4.02. The largest absolute Gasteiger partial charge is 0.760 e. The Morgan fingerprint density at radius 3 is 2.84 bits per heavy atom. The Morgan fingerprint density at radius 2 is 2.09 bits per heavy atom. The summed E-state index contributed by atoms with van der Waals surface area (Å²) in [6.07, 6.45) is 12.6. The fourth-order valence-electron chi connectivity index (χ4n) is 7.11. The molecule has 0 saturated heterocycles. The van der Waals surface area contributed by atoms with Crippen LogP contribution in [0.25, 0.3) is 0 Å². The first-order valence-corrected chi connectivity index (χ1v) is 12.2. The first kappa shape index (κ1) is 23.1. The van der Waals surface area contributed by atoms with Crippen LogP contribution >= 0.6 is 0 Å². The highest BCUT2D eigenvalue weighted by Crippen LogP contribution is 2.61. The zero-order chi connectivity index (χ0) is 23.1. The van der Waals surface area contributed by atoms with Gasteiger partial charge in [-0.25, -0.2) is 9.97 Å². The van der Waals surface area contributed by atoms with E-state index >= 15 is 0 Å². The molecule has 2 heterocycles. The lowest BCUT2D eigenvalue weighted by Crippen LogP contribution is -2.49. The molecule has 0 spiro atoms. The van der Waals surface area contributed by atoms with Gasteiger partial charge in [0.1, 0.15) is 17.8 Å². The molecule has 1 aromatic heterocycles. The third-order valence-corrected chi connectivity index (χ3v) is 8.77. The van der Waals surface area contributed by atoms with Gasteiger partial charge in [0, 0.05) is 13.6 Å². The second-order valence-corrected chi connectivity index (χ2v) is 11.3. The normalized spacial score (nSPS) is 29.7. The SMILES string of the molecule is C=C1CCC2C(C)(C)CCCC2(C)C1CCC(C)=CCN1CN(C)c2ncnc(N[O-])c21. The standard InChI is InChI=1S/C26H40N5O/c1-18(12-15-31-17-30(6)24-22(31)23(29-32)27-16-28-24)8-10-20-19(2)9-11-21-25(3,4)13-7-14-26(20,21)5/h12,16,20-21H,2,7-11,13-15,17H2,1,3-6H3,(H-,27,28,29,32)/q-1. The van der Waals surface area contributed by atoms with Gasteiger partial charge in [0.25, 0.3) is 0 Å². The molecule has 3 unspecified atom stereocenters. The number of hydrogen-bond donors (Lipinski definition) is 1. The van der Waals surface area contributed by atoms with Crippen molar-refractivity contribution in [2.75, 3.05) is 35.5 Å². The fraction of sp³-hybridized carbons (Fsp3) is 0.692. The van der Waals surface area contributed by atoms with Gasteiger partial charge in [-0.3, -0.25) is 0 Å². The molecule has 32 heavy (non-hydrogen) atoms. The van der Waals surface area contributed by atoms with Crippen molar-refractivity contribution in [3.8, 4) is 0 Å². The number of fused-ring (bicyclic) bond motifs is 2. The molecule has 4 rings (SSSR count). The molecule has 0 amide bonds. The molecule has 3 aliphatic rings. The molecule has 2 saturated carbocycles. The van der Waals surface area contributed by atoms with Crippen molar-refractivity contribution in [1.82, 2.24) is 9.97 Å². The summed E-state index contributed by atoms with van der Waals surface area (Å²) in [4.78, 5) is 12.7. The molecule has 1 N–H and O–H groups in total. The molecule has 1 aromatic rings. The second-order valence-electron chi connectivity index (χ2n) is 11.3. The molecule has 6 nitrogen and oxygen atoms in total. The number of aromatic nitrogens is 2. The smallest absolute Gasteiger partial charge is 0.159 e. The topological polar surface area (TPSA) is 67.4 Å². The minimum absolute atomic E-state index is 0.350. The Morgan fingerprint density at radius 1 is 1.31 bits per heavy atom. The summed E-state index contributed by atoms with van der Waals surface area (Å²) >= 11 is 0. The molecule has 0 bridgehead atoms. The Labute approximate surface area is 193 Å². The summed E-state index contributed by atoms with van der Waals surface area (Å²) in [7, 11) is 1.99. The van der Waals surface area contributed by atoms with Crippen LogP contribution in [-0.2, 0) is 0 Å². The van der Waals surface area contributed by atoms with Crippen LogP contribution in [0, 0.1) is 27.9 Å². The van der Waals surface area contributed by atoms with E-state index in [2.05, 4.69) is 60.1 Å². The maximum absolute atomic E-state index is 11.4. The molecule has 176 valence electrons. The summed E-state index contributed by atoms with van der Waals surface area (Å²) in [6, 6.07) is 0. The van der Waals surface area contributed by atoms with E-state index in [1.54, 1.807) is 0 Å². The van der Waals surface area contributed by atoms with Crippen LogP contribution in [0.15, 0.2) is 30.1 Å². The van der Waals surface area contributed by atoms with Crippen molar-refractivity contribution in [3.63, 3.8) is 0 Å². The Kier molecular flexibility index (Phi) is 6.27. The number of allylic oxidation sites excluding steroid dienone is 2. The van der Waals surface area contributed by atoms with E-state index in [9.17, 15) is 5.21 Å². The van der Waals surface area contributed by atoms with Crippen LogP contribution < -0.4 is 15.3 Å². The predicted molar refractivity (Wildman–Crippen MR) is 134 cm³/mol. The maximum atomic E-state index is 11.4. The average molecular weight is 439 g/mol. The van der Waals surface area contributed by atoms with Crippen LogP contribution in [0.2, 0.25) is 0 Å². The molecule has 3 atom stereocenters. The monoisotopic (exact) mass is 438 g/mol. The van der Waals surface area contributed by atoms with E-state index < -0.39 is 0 Å². The Bertz CT molecular complexity index is 894. The maximum Gasteiger partial charge on any atom is 0.159 e. The molecular weight excluding hydrogens is 398 g/mol. The highest BCUT2D eigenvalue weighted by molar-refractivity contribution is 5.82.